The summed E-state index contributed by atoms with van der Waals surface area (Å²) in [7, 11) is 1.76. The number of methoxy groups -OCH3 is 1. The van der Waals surface area contributed by atoms with E-state index in [0.29, 0.717) is 5.92 Å². The number of hydrogen-bond donors (Lipinski definition) is 0. The zero-order chi connectivity index (χ0) is 14.0. The molecule has 1 heteroatoms. The van der Waals surface area contributed by atoms with Crippen LogP contribution in [0.1, 0.15) is 51.2 Å². The molecule has 0 aliphatic heterocycles. The molecule has 0 fully saturated rings. The summed E-state index contributed by atoms with van der Waals surface area (Å²) in [5.74, 6) is 0.625. The van der Waals surface area contributed by atoms with E-state index >= 15 is 0 Å². The van der Waals surface area contributed by atoms with Gasteiger partial charge in [-0.05, 0) is 54.2 Å². The molecular weight excluding hydrogens is 232 g/mol. The van der Waals surface area contributed by atoms with Gasteiger partial charge in [0.1, 0.15) is 0 Å². The molecule has 0 aromatic heterocycles. The van der Waals surface area contributed by atoms with Crippen LogP contribution in [0.2, 0.25) is 0 Å². The van der Waals surface area contributed by atoms with Crippen molar-refractivity contribution in [3.8, 4) is 0 Å². The topological polar surface area (TPSA) is 9.23 Å². The molecule has 0 radical (unpaired) electrons. The van der Waals surface area contributed by atoms with Gasteiger partial charge in [0.15, 0.2) is 0 Å². The van der Waals surface area contributed by atoms with Crippen LogP contribution >= 0.6 is 0 Å². The molecule has 2 aromatic carbocycles. The van der Waals surface area contributed by atoms with Gasteiger partial charge in [-0.25, -0.2) is 0 Å². The Balaban J connectivity index is 2.46. The van der Waals surface area contributed by atoms with Crippen molar-refractivity contribution >= 4 is 10.8 Å². The Morgan fingerprint density at radius 2 is 1.68 bits per heavy atom. The molecule has 0 amide bonds. The van der Waals surface area contributed by atoms with E-state index in [1.54, 1.807) is 7.11 Å². The van der Waals surface area contributed by atoms with Crippen LogP contribution in [0.15, 0.2) is 36.4 Å². The van der Waals surface area contributed by atoms with Gasteiger partial charge in [0, 0.05) is 7.11 Å². The molecule has 1 nitrogen and oxygen atoms in total. The minimum absolute atomic E-state index is 0.233. The maximum atomic E-state index is 5.55. The second kappa shape index (κ2) is 5.34. The Kier molecular flexibility index (Phi) is 3.96. The van der Waals surface area contributed by atoms with Gasteiger partial charge in [-0.1, -0.05) is 44.2 Å². The standard InChI is InChI=1S/C18H24O/c1-6-13(2)14-7-8-16-12-17(18(3,4)19-5)10-9-15(16)11-14/h7-13H,6H2,1-5H3. The third-order valence-electron chi connectivity index (χ3n) is 4.25. The van der Waals surface area contributed by atoms with Crippen molar-refractivity contribution in [2.45, 2.75) is 45.6 Å². The first-order chi connectivity index (χ1) is 8.97. The summed E-state index contributed by atoms with van der Waals surface area (Å²) >= 11 is 0. The largest absolute Gasteiger partial charge is 0.374 e. The highest BCUT2D eigenvalue weighted by Gasteiger charge is 2.19. The molecular formula is C18H24O. The van der Waals surface area contributed by atoms with Crippen LogP contribution in [-0.4, -0.2) is 7.11 Å². The van der Waals surface area contributed by atoms with E-state index in [2.05, 4.69) is 64.1 Å². The Bertz CT molecular complexity index is 569. The van der Waals surface area contributed by atoms with Gasteiger partial charge in [-0.3, -0.25) is 0 Å². The van der Waals surface area contributed by atoms with E-state index in [-0.39, 0.29) is 5.60 Å². The SMILES string of the molecule is CCC(C)c1ccc2cc(C(C)(C)OC)ccc2c1. The molecule has 0 saturated carbocycles. The summed E-state index contributed by atoms with van der Waals surface area (Å²) in [4.78, 5) is 0. The van der Waals surface area contributed by atoms with Crippen molar-refractivity contribution < 1.29 is 4.74 Å². The Morgan fingerprint density at radius 3 is 2.32 bits per heavy atom. The molecule has 102 valence electrons. The number of fused-ring (bicyclic) bond motifs is 1. The fraction of sp³-hybridized carbons (Fsp3) is 0.444. The van der Waals surface area contributed by atoms with Crippen molar-refractivity contribution in [2.75, 3.05) is 7.11 Å². The molecule has 0 aliphatic carbocycles. The molecule has 19 heavy (non-hydrogen) atoms. The van der Waals surface area contributed by atoms with Crippen molar-refractivity contribution in [1.82, 2.24) is 0 Å². The van der Waals surface area contributed by atoms with E-state index in [9.17, 15) is 0 Å². The summed E-state index contributed by atoms with van der Waals surface area (Å²) in [5, 5.41) is 2.60. The van der Waals surface area contributed by atoms with Gasteiger partial charge in [-0.2, -0.15) is 0 Å². The zero-order valence-electron chi connectivity index (χ0n) is 12.7. The fourth-order valence-electron chi connectivity index (χ4n) is 2.30. The van der Waals surface area contributed by atoms with Crippen LogP contribution in [0.5, 0.6) is 0 Å². The minimum Gasteiger partial charge on any atom is -0.374 e. The maximum absolute atomic E-state index is 5.55. The highest BCUT2D eigenvalue weighted by atomic mass is 16.5. The lowest BCUT2D eigenvalue weighted by molar-refractivity contribution is 0.0193. The first-order valence-corrected chi connectivity index (χ1v) is 7.07. The normalized spacial score (nSPS) is 13.7. The third kappa shape index (κ3) is 2.82. The van der Waals surface area contributed by atoms with E-state index in [1.165, 1.54) is 28.3 Å². The molecule has 0 bridgehead atoms. The maximum Gasteiger partial charge on any atom is 0.0871 e. The summed E-state index contributed by atoms with van der Waals surface area (Å²) < 4.78 is 5.55. The summed E-state index contributed by atoms with van der Waals surface area (Å²) in [5.41, 5.74) is 2.41. The number of ether oxygens (including phenoxy) is 1. The van der Waals surface area contributed by atoms with Gasteiger partial charge < -0.3 is 4.74 Å². The molecule has 0 aliphatic rings. The average molecular weight is 256 g/mol. The van der Waals surface area contributed by atoms with Crippen molar-refractivity contribution in [3.05, 3.63) is 47.5 Å². The lowest BCUT2D eigenvalue weighted by Gasteiger charge is -2.24. The Morgan fingerprint density at radius 1 is 1.05 bits per heavy atom. The molecule has 2 aromatic rings. The van der Waals surface area contributed by atoms with Crippen LogP contribution in [0.3, 0.4) is 0 Å². The summed E-state index contributed by atoms with van der Waals surface area (Å²) in [6, 6.07) is 13.4. The highest BCUT2D eigenvalue weighted by Crippen LogP contribution is 2.29. The van der Waals surface area contributed by atoms with Crippen molar-refractivity contribution in [3.63, 3.8) is 0 Å². The zero-order valence-corrected chi connectivity index (χ0v) is 12.7. The molecule has 0 N–H and O–H groups in total. The third-order valence-corrected chi connectivity index (χ3v) is 4.25. The van der Waals surface area contributed by atoms with Crippen LogP contribution < -0.4 is 0 Å². The van der Waals surface area contributed by atoms with Gasteiger partial charge in [0.05, 0.1) is 5.60 Å². The lowest BCUT2D eigenvalue weighted by atomic mass is 9.92. The number of hydrogen-bond acceptors (Lipinski definition) is 1. The molecule has 0 saturated heterocycles. The predicted octanol–water partition coefficient (Wildman–Crippen LogP) is 5.23. The fourth-order valence-corrected chi connectivity index (χ4v) is 2.30. The highest BCUT2D eigenvalue weighted by molar-refractivity contribution is 5.84. The summed E-state index contributed by atoms with van der Waals surface area (Å²) in [6.45, 7) is 8.71. The Labute approximate surface area is 116 Å². The quantitative estimate of drug-likeness (QED) is 0.727. The van der Waals surface area contributed by atoms with Crippen LogP contribution in [0, 0.1) is 0 Å². The van der Waals surface area contributed by atoms with E-state index in [0.717, 1.165) is 0 Å². The van der Waals surface area contributed by atoms with Crippen LogP contribution in [-0.2, 0) is 10.3 Å². The molecule has 0 heterocycles. The average Bonchev–Trinajstić information content (AvgIpc) is 2.45. The smallest absolute Gasteiger partial charge is 0.0871 e. The van der Waals surface area contributed by atoms with Crippen molar-refractivity contribution in [2.24, 2.45) is 0 Å². The summed E-state index contributed by atoms with van der Waals surface area (Å²) in [6.07, 6.45) is 1.18. The molecule has 1 atom stereocenters. The second-order valence-electron chi connectivity index (χ2n) is 5.85. The number of benzene rings is 2. The number of rotatable bonds is 4. The molecule has 2 rings (SSSR count). The van der Waals surface area contributed by atoms with E-state index < -0.39 is 0 Å². The minimum atomic E-state index is -0.233. The van der Waals surface area contributed by atoms with E-state index in [1.807, 2.05) is 0 Å². The first kappa shape index (κ1) is 14.1. The van der Waals surface area contributed by atoms with Gasteiger partial charge >= 0.3 is 0 Å². The van der Waals surface area contributed by atoms with E-state index in [4.69, 9.17) is 4.74 Å². The van der Waals surface area contributed by atoms with Crippen molar-refractivity contribution in [1.29, 1.82) is 0 Å². The van der Waals surface area contributed by atoms with Crippen LogP contribution in [0.4, 0.5) is 0 Å². The monoisotopic (exact) mass is 256 g/mol. The molecule has 0 spiro atoms. The van der Waals surface area contributed by atoms with Gasteiger partial charge in [-0.15, -0.1) is 0 Å². The Hall–Kier alpha value is -1.34. The van der Waals surface area contributed by atoms with Gasteiger partial charge in [0.2, 0.25) is 0 Å². The first-order valence-electron chi connectivity index (χ1n) is 7.07. The second-order valence-corrected chi connectivity index (χ2v) is 5.85. The molecule has 1 unspecified atom stereocenters. The van der Waals surface area contributed by atoms with Gasteiger partial charge in [0.25, 0.3) is 0 Å². The van der Waals surface area contributed by atoms with Crippen LogP contribution in [0.25, 0.3) is 10.8 Å². The predicted molar refractivity (Wildman–Crippen MR) is 82.7 cm³/mol. The lowest BCUT2D eigenvalue weighted by Crippen LogP contribution is -2.19.